The van der Waals surface area contributed by atoms with Gasteiger partial charge in [0.05, 0.1) is 17.1 Å². The van der Waals surface area contributed by atoms with Crippen molar-refractivity contribution in [1.29, 1.82) is 0 Å². The number of carbonyl (C=O) groups excluding carboxylic acids is 3. The number of ketones is 1. The van der Waals surface area contributed by atoms with Crippen LogP contribution in [-0.4, -0.2) is 34.0 Å². The quantitative estimate of drug-likeness (QED) is 0.220. The van der Waals surface area contributed by atoms with Crippen molar-refractivity contribution in [1.82, 2.24) is 15.1 Å². The predicted octanol–water partition coefficient (Wildman–Crippen LogP) is 4.27. The third kappa shape index (κ3) is 5.76. The molecule has 0 spiro atoms. The number of benzene rings is 1. The molecule has 4 rings (SSSR count). The maximum Gasteiger partial charge on any atom is 0.331 e. The molecule has 0 fully saturated rings. The number of carbonyl (C=O) groups is 3. The molecule has 8 nitrogen and oxygen atoms in total. The molecular formula is C25H21N3O5S. The highest BCUT2D eigenvalue weighted by Crippen LogP contribution is 2.28. The third-order valence-corrected chi connectivity index (χ3v) is 5.59. The maximum absolute atomic E-state index is 12.3. The molecule has 0 bridgehead atoms. The standard InChI is InChI=1S/C25H21N3O5S/c1-17(29)26-14-20-10-11-22(33-20)21(30)16-32-24(31)12-9-18-15-28(19-6-3-2-4-7-19)27-25(18)23-8-5-13-34-23/h2-13,15H,14,16H2,1H3,(H,26,29). The number of thiophene rings is 1. The Labute approximate surface area is 199 Å². The molecule has 3 aromatic heterocycles. The molecule has 0 atom stereocenters. The lowest BCUT2D eigenvalue weighted by molar-refractivity contribution is -0.136. The topological polar surface area (TPSA) is 103 Å². The first-order valence-corrected chi connectivity index (χ1v) is 11.3. The highest BCUT2D eigenvalue weighted by atomic mass is 32.1. The molecule has 0 aliphatic heterocycles. The van der Waals surface area contributed by atoms with E-state index in [1.54, 1.807) is 28.2 Å². The number of nitrogens with zero attached hydrogens (tertiary/aromatic N) is 2. The van der Waals surface area contributed by atoms with Crippen LogP contribution in [0, 0.1) is 0 Å². The predicted molar refractivity (Wildman–Crippen MR) is 127 cm³/mol. The summed E-state index contributed by atoms with van der Waals surface area (Å²) in [4.78, 5) is 36.4. The van der Waals surface area contributed by atoms with Gasteiger partial charge in [-0.05, 0) is 41.8 Å². The van der Waals surface area contributed by atoms with Crippen molar-refractivity contribution in [2.75, 3.05) is 6.61 Å². The molecule has 3 heterocycles. The molecule has 1 N–H and O–H groups in total. The molecule has 0 saturated carbocycles. The van der Waals surface area contributed by atoms with Crippen molar-refractivity contribution in [2.45, 2.75) is 13.5 Å². The maximum atomic E-state index is 12.3. The van der Waals surface area contributed by atoms with Crippen LogP contribution < -0.4 is 5.32 Å². The van der Waals surface area contributed by atoms with Gasteiger partial charge in [0.25, 0.3) is 0 Å². The summed E-state index contributed by atoms with van der Waals surface area (Å²) in [6, 6.07) is 16.6. The third-order valence-electron chi connectivity index (χ3n) is 4.71. The highest BCUT2D eigenvalue weighted by Gasteiger charge is 2.15. The van der Waals surface area contributed by atoms with Gasteiger partial charge in [0.15, 0.2) is 12.4 Å². The zero-order chi connectivity index (χ0) is 23.9. The van der Waals surface area contributed by atoms with E-state index >= 15 is 0 Å². The van der Waals surface area contributed by atoms with Gasteiger partial charge in [0, 0.05) is 24.8 Å². The number of amides is 1. The van der Waals surface area contributed by atoms with Gasteiger partial charge in [-0.15, -0.1) is 11.3 Å². The molecule has 0 saturated heterocycles. The second-order valence-electron chi connectivity index (χ2n) is 7.23. The van der Waals surface area contributed by atoms with E-state index < -0.39 is 18.4 Å². The number of furan rings is 1. The molecule has 1 aromatic carbocycles. The summed E-state index contributed by atoms with van der Waals surface area (Å²) >= 11 is 1.55. The molecule has 1 amide bonds. The molecule has 34 heavy (non-hydrogen) atoms. The highest BCUT2D eigenvalue weighted by molar-refractivity contribution is 7.13. The van der Waals surface area contributed by atoms with Crippen molar-refractivity contribution < 1.29 is 23.5 Å². The van der Waals surface area contributed by atoms with Crippen molar-refractivity contribution in [3.63, 3.8) is 0 Å². The summed E-state index contributed by atoms with van der Waals surface area (Å²) in [5.41, 5.74) is 2.37. The number of nitrogens with one attached hydrogen (secondary N) is 1. The smallest absolute Gasteiger partial charge is 0.331 e. The van der Waals surface area contributed by atoms with Crippen LogP contribution in [0.25, 0.3) is 22.3 Å². The average molecular weight is 476 g/mol. The first kappa shape index (κ1) is 22.9. The Morgan fingerprint density at radius 2 is 1.94 bits per heavy atom. The van der Waals surface area contributed by atoms with E-state index in [1.165, 1.54) is 19.1 Å². The van der Waals surface area contributed by atoms with E-state index in [-0.39, 0.29) is 18.2 Å². The van der Waals surface area contributed by atoms with Crippen LogP contribution in [0.1, 0.15) is 28.8 Å². The van der Waals surface area contributed by atoms with E-state index in [2.05, 4.69) is 10.4 Å². The van der Waals surface area contributed by atoms with Crippen molar-refractivity contribution in [2.24, 2.45) is 0 Å². The van der Waals surface area contributed by atoms with E-state index in [4.69, 9.17) is 9.15 Å². The van der Waals surface area contributed by atoms with Crippen molar-refractivity contribution >= 4 is 35.1 Å². The Bertz CT molecular complexity index is 1320. The van der Waals surface area contributed by atoms with Gasteiger partial charge in [0.1, 0.15) is 11.5 Å². The Balaban J connectivity index is 1.41. The first-order chi connectivity index (χ1) is 16.5. The Hall–Kier alpha value is -4.24. The van der Waals surface area contributed by atoms with Crippen molar-refractivity contribution in [3.8, 4) is 16.3 Å². The molecule has 0 unspecified atom stereocenters. The number of rotatable bonds is 9. The van der Waals surface area contributed by atoms with E-state index in [0.29, 0.717) is 5.76 Å². The lowest BCUT2D eigenvalue weighted by atomic mass is 10.2. The Morgan fingerprint density at radius 3 is 2.68 bits per heavy atom. The zero-order valence-electron chi connectivity index (χ0n) is 18.3. The number of para-hydroxylation sites is 1. The molecule has 172 valence electrons. The molecule has 0 radical (unpaired) electrons. The molecule has 0 aliphatic rings. The van der Waals surface area contributed by atoms with Crippen LogP contribution >= 0.6 is 11.3 Å². The summed E-state index contributed by atoms with van der Waals surface area (Å²) in [5, 5.41) is 9.21. The second-order valence-corrected chi connectivity index (χ2v) is 8.18. The fraction of sp³-hybridized carbons (Fsp3) is 0.120. The van der Waals surface area contributed by atoms with Crippen LogP contribution in [0.3, 0.4) is 0 Å². The Kier molecular flexibility index (Phi) is 7.14. The minimum Gasteiger partial charge on any atom is -0.456 e. The number of aromatic nitrogens is 2. The summed E-state index contributed by atoms with van der Waals surface area (Å²) in [5.74, 6) is -0.862. The molecule has 0 aliphatic carbocycles. The lowest BCUT2D eigenvalue weighted by Crippen LogP contribution is -2.18. The number of hydrogen-bond donors (Lipinski definition) is 1. The summed E-state index contributed by atoms with van der Waals surface area (Å²) in [7, 11) is 0. The molecular weight excluding hydrogens is 454 g/mol. The number of hydrogen-bond acceptors (Lipinski definition) is 7. The summed E-state index contributed by atoms with van der Waals surface area (Å²) < 4.78 is 12.2. The minimum absolute atomic E-state index is 0.0567. The zero-order valence-corrected chi connectivity index (χ0v) is 19.1. The molecule has 4 aromatic rings. The summed E-state index contributed by atoms with van der Waals surface area (Å²) in [6.07, 6.45) is 4.71. The molecule has 9 heteroatoms. The number of ether oxygens (including phenoxy) is 1. The fourth-order valence-corrected chi connectivity index (χ4v) is 3.81. The van der Waals surface area contributed by atoms with Gasteiger partial charge in [-0.3, -0.25) is 9.59 Å². The second kappa shape index (κ2) is 10.6. The van der Waals surface area contributed by atoms with Crippen LogP contribution in [0.15, 0.2) is 76.7 Å². The van der Waals surface area contributed by atoms with Gasteiger partial charge in [-0.1, -0.05) is 24.3 Å². The van der Waals surface area contributed by atoms with Crippen LogP contribution in [-0.2, 0) is 20.9 Å². The van der Waals surface area contributed by atoms with Gasteiger partial charge >= 0.3 is 5.97 Å². The van der Waals surface area contributed by atoms with Crippen LogP contribution in [0.5, 0.6) is 0 Å². The van der Waals surface area contributed by atoms with Gasteiger partial charge in [0.2, 0.25) is 11.7 Å². The minimum atomic E-state index is -0.664. The number of Topliss-reactive ketones (excluding diaryl/α,β-unsaturated/α-hetero) is 1. The van der Waals surface area contributed by atoms with E-state index in [0.717, 1.165) is 21.8 Å². The van der Waals surface area contributed by atoms with E-state index in [9.17, 15) is 14.4 Å². The van der Waals surface area contributed by atoms with Crippen LogP contribution in [0.4, 0.5) is 0 Å². The monoisotopic (exact) mass is 475 g/mol. The Morgan fingerprint density at radius 1 is 1.12 bits per heavy atom. The first-order valence-electron chi connectivity index (χ1n) is 10.4. The van der Waals surface area contributed by atoms with Crippen LogP contribution in [0.2, 0.25) is 0 Å². The van der Waals surface area contributed by atoms with Crippen molar-refractivity contribution in [3.05, 3.63) is 89.3 Å². The fourth-order valence-electron chi connectivity index (χ4n) is 3.08. The van der Waals surface area contributed by atoms with Gasteiger partial charge < -0.3 is 14.5 Å². The SMILES string of the molecule is CC(=O)NCc1ccc(C(=O)COC(=O)C=Cc2cn(-c3ccccc3)nc2-c2cccs2)o1. The summed E-state index contributed by atoms with van der Waals surface area (Å²) in [6.45, 7) is 1.10. The van der Waals surface area contributed by atoms with Gasteiger partial charge in [-0.2, -0.15) is 5.10 Å². The largest absolute Gasteiger partial charge is 0.456 e. The normalized spacial score (nSPS) is 11.0. The van der Waals surface area contributed by atoms with E-state index in [1.807, 2.05) is 54.0 Å². The number of esters is 1. The average Bonchev–Trinajstić information content (AvgIpc) is 3.60. The lowest BCUT2D eigenvalue weighted by Gasteiger charge is -2.00. The van der Waals surface area contributed by atoms with Gasteiger partial charge in [-0.25, -0.2) is 9.48 Å².